The van der Waals surface area contributed by atoms with Gasteiger partial charge in [-0.25, -0.2) is 0 Å². The summed E-state index contributed by atoms with van der Waals surface area (Å²) >= 11 is 0. The zero-order valence-electron chi connectivity index (χ0n) is 10.1. The van der Waals surface area contributed by atoms with E-state index in [1.165, 1.54) is 5.56 Å². The summed E-state index contributed by atoms with van der Waals surface area (Å²) in [6.07, 6.45) is 5.19. The van der Waals surface area contributed by atoms with E-state index < -0.39 is 0 Å². The van der Waals surface area contributed by atoms with Crippen LogP contribution in [0.3, 0.4) is 0 Å². The molecule has 1 aliphatic rings. The molecule has 1 aliphatic heterocycles. The van der Waals surface area contributed by atoms with Gasteiger partial charge in [-0.1, -0.05) is 0 Å². The Morgan fingerprint density at radius 3 is 2.94 bits per heavy atom. The number of nitrogens with zero attached hydrogens (tertiary/aromatic N) is 3. The van der Waals surface area contributed by atoms with E-state index in [0.717, 1.165) is 26.1 Å². The average Bonchev–Trinajstić information content (AvgIpc) is 2.87. The highest BCUT2D eigenvalue weighted by Gasteiger charge is 2.21. The fraction of sp³-hybridized carbons (Fsp3) is 0.750. The van der Waals surface area contributed by atoms with Crippen LogP contribution in [0.2, 0.25) is 0 Å². The summed E-state index contributed by atoms with van der Waals surface area (Å²) in [4.78, 5) is 2.39. The van der Waals surface area contributed by atoms with Crippen molar-refractivity contribution in [3.63, 3.8) is 0 Å². The monoisotopic (exact) mass is 223 g/mol. The van der Waals surface area contributed by atoms with Crippen LogP contribution in [0.25, 0.3) is 0 Å². The molecule has 1 aromatic heterocycles. The third-order valence-corrected chi connectivity index (χ3v) is 3.22. The van der Waals surface area contributed by atoms with Crippen molar-refractivity contribution < 1.29 is 5.11 Å². The lowest BCUT2D eigenvalue weighted by molar-refractivity contribution is 0.220. The summed E-state index contributed by atoms with van der Waals surface area (Å²) in [7, 11) is 0. The molecule has 2 rings (SSSR count). The molecule has 4 nitrogen and oxygen atoms in total. The Balaban J connectivity index is 1.89. The lowest BCUT2D eigenvalue weighted by Gasteiger charge is -2.13. The van der Waals surface area contributed by atoms with Gasteiger partial charge in [-0.3, -0.25) is 9.58 Å². The molecule has 1 N–H and O–H groups in total. The minimum atomic E-state index is 0.321. The maximum absolute atomic E-state index is 9.08. The molecule has 1 atom stereocenters. The van der Waals surface area contributed by atoms with Crippen LogP contribution in [0.4, 0.5) is 0 Å². The minimum Gasteiger partial charge on any atom is -0.396 e. The van der Waals surface area contributed by atoms with Gasteiger partial charge < -0.3 is 5.11 Å². The number of rotatable bonds is 4. The average molecular weight is 223 g/mol. The molecule has 90 valence electrons. The van der Waals surface area contributed by atoms with Crippen LogP contribution in [0.15, 0.2) is 12.4 Å². The van der Waals surface area contributed by atoms with E-state index in [2.05, 4.69) is 30.0 Å². The lowest BCUT2D eigenvalue weighted by Crippen LogP contribution is -2.20. The molecule has 1 unspecified atom stereocenters. The highest BCUT2D eigenvalue weighted by molar-refractivity contribution is 5.04. The number of likely N-dealkylation sites (tertiary alicyclic amines) is 1. The Morgan fingerprint density at radius 1 is 1.56 bits per heavy atom. The molecule has 0 saturated carbocycles. The molecule has 0 spiro atoms. The maximum atomic E-state index is 9.08. The summed E-state index contributed by atoms with van der Waals surface area (Å²) in [5.41, 5.74) is 1.27. The van der Waals surface area contributed by atoms with Gasteiger partial charge >= 0.3 is 0 Å². The van der Waals surface area contributed by atoms with Crippen LogP contribution in [0, 0.1) is 5.92 Å². The van der Waals surface area contributed by atoms with Crippen LogP contribution < -0.4 is 0 Å². The van der Waals surface area contributed by atoms with E-state index in [0.29, 0.717) is 18.6 Å². The Labute approximate surface area is 96.9 Å². The molecule has 0 bridgehead atoms. The van der Waals surface area contributed by atoms with Crippen LogP contribution >= 0.6 is 0 Å². The maximum Gasteiger partial charge on any atom is 0.0534 e. The van der Waals surface area contributed by atoms with Crippen molar-refractivity contribution in [2.45, 2.75) is 32.9 Å². The molecular formula is C12H21N3O. The second-order valence-electron chi connectivity index (χ2n) is 4.99. The number of hydrogen-bond acceptors (Lipinski definition) is 3. The van der Waals surface area contributed by atoms with Gasteiger partial charge in [0, 0.05) is 37.5 Å². The van der Waals surface area contributed by atoms with Crippen LogP contribution in [-0.4, -0.2) is 39.5 Å². The van der Waals surface area contributed by atoms with Gasteiger partial charge in [-0.15, -0.1) is 0 Å². The smallest absolute Gasteiger partial charge is 0.0534 e. The van der Waals surface area contributed by atoms with Crippen molar-refractivity contribution in [2.75, 3.05) is 19.7 Å². The van der Waals surface area contributed by atoms with Gasteiger partial charge in [0.1, 0.15) is 0 Å². The van der Waals surface area contributed by atoms with Gasteiger partial charge in [0.05, 0.1) is 6.20 Å². The molecule has 1 fully saturated rings. The van der Waals surface area contributed by atoms with Crippen LogP contribution in [-0.2, 0) is 6.54 Å². The highest BCUT2D eigenvalue weighted by Crippen LogP contribution is 2.18. The van der Waals surface area contributed by atoms with Gasteiger partial charge in [0.2, 0.25) is 0 Å². The normalized spacial score (nSPS) is 22.1. The van der Waals surface area contributed by atoms with Gasteiger partial charge in [0.25, 0.3) is 0 Å². The lowest BCUT2D eigenvalue weighted by atomic mass is 10.1. The number of aliphatic hydroxyl groups is 1. The van der Waals surface area contributed by atoms with E-state index >= 15 is 0 Å². The van der Waals surface area contributed by atoms with Gasteiger partial charge in [0.15, 0.2) is 0 Å². The van der Waals surface area contributed by atoms with E-state index in [-0.39, 0.29) is 0 Å². The molecule has 1 aromatic rings. The largest absolute Gasteiger partial charge is 0.396 e. The molecule has 1 saturated heterocycles. The van der Waals surface area contributed by atoms with Crippen molar-refractivity contribution in [1.29, 1.82) is 0 Å². The predicted octanol–water partition coefficient (Wildman–Crippen LogP) is 1.28. The quantitative estimate of drug-likeness (QED) is 0.836. The Kier molecular flexibility index (Phi) is 3.61. The molecule has 0 aliphatic carbocycles. The van der Waals surface area contributed by atoms with Crippen molar-refractivity contribution >= 4 is 0 Å². The first-order chi connectivity index (χ1) is 7.69. The van der Waals surface area contributed by atoms with E-state index in [1.54, 1.807) is 0 Å². The molecule has 0 amide bonds. The minimum absolute atomic E-state index is 0.321. The first-order valence-corrected chi connectivity index (χ1v) is 6.05. The zero-order chi connectivity index (χ0) is 11.5. The second-order valence-corrected chi connectivity index (χ2v) is 4.99. The van der Waals surface area contributed by atoms with E-state index in [4.69, 9.17) is 5.11 Å². The standard InChI is InChI=1S/C12H21N3O/c1-10(2)15-8-12(5-13-15)7-14-4-3-11(6-14)9-16/h5,8,10-11,16H,3-4,6-7,9H2,1-2H3. The second kappa shape index (κ2) is 4.97. The van der Waals surface area contributed by atoms with Crippen molar-refractivity contribution in [3.05, 3.63) is 18.0 Å². The number of hydrogen-bond donors (Lipinski definition) is 1. The third-order valence-electron chi connectivity index (χ3n) is 3.22. The van der Waals surface area contributed by atoms with E-state index in [9.17, 15) is 0 Å². The highest BCUT2D eigenvalue weighted by atomic mass is 16.3. The summed E-state index contributed by atoms with van der Waals surface area (Å²) < 4.78 is 1.99. The summed E-state index contributed by atoms with van der Waals surface area (Å²) in [5.74, 6) is 0.472. The summed E-state index contributed by atoms with van der Waals surface area (Å²) in [6, 6.07) is 0.428. The Hall–Kier alpha value is -0.870. The van der Waals surface area contributed by atoms with Crippen LogP contribution in [0.1, 0.15) is 31.9 Å². The summed E-state index contributed by atoms with van der Waals surface area (Å²) in [5, 5.41) is 13.4. The Bertz CT molecular complexity index is 335. The molecule has 2 heterocycles. The first-order valence-electron chi connectivity index (χ1n) is 6.05. The van der Waals surface area contributed by atoms with E-state index in [1.807, 2.05) is 10.9 Å². The topological polar surface area (TPSA) is 41.3 Å². The molecule has 16 heavy (non-hydrogen) atoms. The van der Waals surface area contributed by atoms with Crippen molar-refractivity contribution in [1.82, 2.24) is 14.7 Å². The Morgan fingerprint density at radius 2 is 2.38 bits per heavy atom. The van der Waals surface area contributed by atoms with Crippen LogP contribution in [0.5, 0.6) is 0 Å². The molecule has 0 aromatic carbocycles. The summed E-state index contributed by atoms with van der Waals surface area (Å²) in [6.45, 7) is 7.66. The van der Waals surface area contributed by atoms with Crippen molar-refractivity contribution in [2.24, 2.45) is 5.92 Å². The van der Waals surface area contributed by atoms with Crippen molar-refractivity contribution in [3.8, 4) is 0 Å². The molecule has 0 radical (unpaired) electrons. The third kappa shape index (κ3) is 2.62. The van der Waals surface area contributed by atoms with Gasteiger partial charge in [-0.2, -0.15) is 5.10 Å². The molecule has 4 heteroatoms. The molecular weight excluding hydrogens is 202 g/mol. The SMILES string of the molecule is CC(C)n1cc(CN2CCC(CO)C2)cn1. The zero-order valence-corrected chi connectivity index (χ0v) is 10.1. The van der Waals surface area contributed by atoms with Gasteiger partial charge in [-0.05, 0) is 32.7 Å². The number of aromatic nitrogens is 2. The fourth-order valence-corrected chi connectivity index (χ4v) is 2.21. The fourth-order valence-electron chi connectivity index (χ4n) is 2.21. The predicted molar refractivity (Wildman–Crippen MR) is 63.1 cm³/mol. The first kappa shape index (κ1) is 11.6. The number of aliphatic hydroxyl groups excluding tert-OH is 1.